The smallest absolute Gasteiger partial charge is 0.238 e. The van der Waals surface area contributed by atoms with E-state index in [1.54, 1.807) is 24.3 Å². The van der Waals surface area contributed by atoms with Crippen LogP contribution in [0.1, 0.15) is 11.1 Å². The normalized spacial score (nSPS) is 11.5. The SMILES string of the molecule is Cc1cc(C)cc(Nc2oc(-c3ccccc3Cl)nc2S(=O)(=O)c2ccc(Cl)cc2)c1. The van der Waals surface area contributed by atoms with Crippen molar-refractivity contribution in [2.75, 3.05) is 5.32 Å². The molecule has 0 saturated heterocycles. The van der Waals surface area contributed by atoms with Crippen LogP contribution in [-0.2, 0) is 9.84 Å². The summed E-state index contributed by atoms with van der Waals surface area (Å²) >= 11 is 12.2. The van der Waals surface area contributed by atoms with Gasteiger partial charge >= 0.3 is 0 Å². The Hall–Kier alpha value is -2.80. The van der Waals surface area contributed by atoms with E-state index in [0.717, 1.165) is 11.1 Å². The van der Waals surface area contributed by atoms with Crippen molar-refractivity contribution in [3.8, 4) is 11.5 Å². The quantitative estimate of drug-likeness (QED) is 0.344. The fourth-order valence-corrected chi connectivity index (χ4v) is 4.82. The lowest BCUT2D eigenvalue weighted by atomic mass is 10.1. The van der Waals surface area contributed by atoms with E-state index in [4.69, 9.17) is 27.6 Å². The lowest BCUT2D eigenvalue weighted by molar-refractivity contribution is 0.582. The lowest BCUT2D eigenvalue weighted by Gasteiger charge is -2.08. The molecule has 4 rings (SSSR count). The van der Waals surface area contributed by atoms with Gasteiger partial charge in [0.15, 0.2) is 0 Å². The van der Waals surface area contributed by atoms with Gasteiger partial charge in [-0.3, -0.25) is 0 Å². The van der Waals surface area contributed by atoms with E-state index in [2.05, 4.69) is 10.3 Å². The second-order valence-electron chi connectivity index (χ2n) is 7.09. The fraction of sp³-hybridized carbons (Fsp3) is 0.0870. The number of halogens is 2. The predicted molar refractivity (Wildman–Crippen MR) is 123 cm³/mol. The molecule has 0 unspecified atom stereocenters. The molecule has 1 aromatic heterocycles. The summed E-state index contributed by atoms with van der Waals surface area (Å²) in [5, 5.41) is 3.68. The summed E-state index contributed by atoms with van der Waals surface area (Å²) in [6.45, 7) is 3.91. The van der Waals surface area contributed by atoms with Gasteiger partial charge < -0.3 is 9.73 Å². The van der Waals surface area contributed by atoms with Crippen molar-refractivity contribution in [2.45, 2.75) is 23.8 Å². The molecule has 0 atom stereocenters. The minimum Gasteiger partial charge on any atom is -0.419 e. The van der Waals surface area contributed by atoms with Gasteiger partial charge in [0, 0.05) is 10.7 Å². The van der Waals surface area contributed by atoms with Crippen molar-refractivity contribution in [2.24, 2.45) is 0 Å². The number of anilines is 2. The van der Waals surface area contributed by atoms with Crippen LogP contribution < -0.4 is 5.32 Å². The highest BCUT2D eigenvalue weighted by atomic mass is 35.5. The van der Waals surface area contributed by atoms with E-state index >= 15 is 0 Å². The number of nitrogens with zero attached hydrogens (tertiary/aromatic N) is 1. The van der Waals surface area contributed by atoms with Gasteiger partial charge in [-0.1, -0.05) is 41.4 Å². The van der Waals surface area contributed by atoms with Crippen LogP contribution >= 0.6 is 23.2 Å². The number of hydrogen-bond donors (Lipinski definition) is 1. The second kappa shape index (κ2) is 8.38. The summed E-state index contributed by atoms with van der Waals surface area (Å²) < 4.78 is 32.6. The van der Waals surface area contributed by atoms with Gasteiger partial charge in [0.25, 0.3) is 0 Å². The highest BCUT2D eigenvalue weighted by Gasteiger charge is 2.29. The molecule has 4 aromatic rings. The lowest BCUT2D eigenvalue weighted by Crippen LogP contribution is -2.05. The largest absolute Gasteiger partial charge is 0.419 e. The van der Waals surface area contributed by atoms with E-state index in [1.165, 1.54) is 24.3 Å². The van der Waals surface area contributed by atoms with Gasteiger partial charge in [-0.05, 0) is 73.5 Å². The first-order chi connectivity index (χ1) is 14.7. The summed E-state index contributed by atoms with van der Waals surface area (Å²) in [5.41, 5.74) is 3.23. The van der Waals surface area contributed by atoms with E-state index in [9.17, 15) is 8.42 Å². The molecule has 0 amide bonds. The van der Waals surface area contributed by atoms with Crippen LogP contribution in [0.25, 0.3) is 11.5 Å². The number of sulfone groups is 1. The van der Waals surface area contributed by atoms with Crippen LogP contribution in [0.5, 0.6) is 0 Å². The molecular formula is C23H18Cl2N2O3S. The Labute approximate surface area is 190 Å². The van der Waals surface area contributed by atoms with E-state index < -0.39 is 9.84 Å². The monoisotopic (exact) mass is 472 g/mol. The maximum Gasteiger partial charge on any atom is 0.238 e. The van der Waals surface area contributed by atoms with Crippen LogP contribution in [0.3, 0.4) is 0 Å². The zero-order valence-corrected chi connectivity index (χ0v) is 19.0. The summed E-state index contributed by atoms with van der Waals surface area (Å²) in [5.74, 6) is 0.111. The third kappa shape index (κ3) is 4.46. The summed E-state index contributed by atoms with van der Waals surface area (Å²) in [7, 11) is -4.00. The average molecular weight is 473 g/mol. The topological polar surface area (TPSA) is 72.2 Å². The summed E-state index contributed by atoms with van der Waals surface area (Å²) in [4.78, 5) is 4.37. The molecular weight excluding hydrogens is 455 g/mol. The van der Waals surface area contributed by atoms with Gasteiger partial charge in [-0.2, -0.15) is 4.98 Å². The molecule has 0 aliphatic carbocycles. The maximum absolute atomic E-state index is 13.4. The van der Waals surface area contributed by atoms with Crippen molar-refractivity contribution < 1.29 is 12.8 Å². The molecule has 5 nitrogen and oxygen atoms in total. The van der Waals surface area contributed by atoms with Crippen LogP contribution in [0.15, 0.2) is 81.1 Å². The Morgan fingerprint density at radius 3 is 2.19 bits per heavy atom. The highest BCUT2D eigenvalue weighted by molar-refractivity contribution is 7.91. The van der Waals surface area contributed by atoms with Crippen LogP contribution in [0.4, 0.5) is 11.6 Å². The minimum absolute atomic E-state index is 0.00914. The summed E-state index contributed by atoms with van der Waals surface area (Å²) in [6.07, 6.45) is 0. The molecule has 0 aliphatic rings. The zero-order valence-electron chi connectivity index (χ0n) is 16.7. The third-order valence-corrected chi connectivity index (χ3v) is 6.82. The van der Waals surface area contributed by atoms with Crippen molar-refractivity contribution in [1.82, 2.24) is 4.98 Å². The first-order valence-electron chi connectivity index (χ1n) is 9.36. The molecule has 0 saturated carbocycles. The number of oxazole rings is 1. The van der Waals surface area contributed by atoms with Gasteiger partial charge in [-0.25, -0.2) is 8.42 Å². The number of rotatable bonds is 5. The molecule has 3 aromatic carbocycles. The van der Waals surface area contributed by atoms with Gasteiger partial charge in [0.2, 0.25) is 26.6 Å². The molecule has 8 heteroatoms. The van der Waals surface area contributed by atoms with E-state index in [0.29, 0.717) is 21.3 Å². The zero-order chi connectivity index (χ0) is 22.2. The highest BCUT2D eigenvalue weighted by Crippen LogP contribution is 2.36. The van der Waals surface area contributed by atoms with Gasteiger partial charge in [-0.15, -0.1) is 0 Å². The number of aryl methyl sites for hydroxylation is 2. The van der Waals surface area contributed by atoms with Crippen LogP contribution in [0.2, 0.25) is 10.0 Å². The molecule has 1 N–H and O–H groups in total. The van der Waals surface area contributed by atoms with Crippen molar-refractivity contribution in [3.63, 3.8) is 0 Å². The van der Waals surface area contributed by atoms with Crippen LogP contribution in [0, 0.1) is 13.8 Å². The van der Waals surface area contributed by atoms with Crippen molar-refractivity contribution >= 4 is 44.6 Å². The Morgan fingerprint density at radius 2 is 1.55 bits per heavy atom. The molecule has 0 bridgehead atoms. The Bertz CT molecular complexity index is 1340. The molecule has 158 valence electrons. The van der Waals surface area contributed by atoms with Crippen molar-refractivity contribution in [3.05, 3.63) is 87.9 Å². The van der Waals surface area contributed by atoms with Crippen LogP contribution in [-0.4, -0.2) is 13.4 Å². The van der Waals surface area contributed by atoms with Crippen molar-refractivity contribution in [1.29, 1.82) is 0 Å². The predicted octanol–water partition coefficient (Wildman–Crippen LogP) is 6.84. The molecule has 0 aliphatic heterocycles. The Balaban J connectivity index is 1.88. The Kier molecular flexibility index (Phi) is 5.79. The summed E-state index contributed by atoms with van der Waals surface area (Å²) in [6, 6.07) is 18.6. The standard InChI is InChI=1S/C23H18Cl2N2O3S/c1-14-11-15(2)13-17(12-14)26-22-23(31(28,29)18-9-7-16(24)8-10-18)27-21(30-22)19-5-3-4-6-20(19)25/h3-13,26H,1-2H3. The third-order valence-electron chi connectivity index (χ3n) is 4.56. The minimum atomic E-state index is -4.00. The first-order valence-corrected chi connectivity index (χ1v) is 11.6. The fourth-order valence-electron chi connectivity index (χ4n) is 3.22. The van der Waals surface area contributed by atoms with Gasteiger partial charge in [0.1, 0.15) is 0 Å². The van der Waals surface area contributed by atoms with E-state index in [-0.39, 0.29) is 21.7 Å². The molecule has 0 fully saturated rings. The number of benzene rings is 3. The maximum atomic E-state index is 13.4. The Morgan fingerprint density at radius 1 is 0.903 bits per heavy atom. The molecule has 31 heavy (non-hydrogen) atoms. The van der Waals surface area contributed by atoms with Gasteiger partial charge in [0.05, 0.1) is 15.5 Å². The molecule has 1 heterocycles. The molecule has 0 spiro atoms. The van der Waals surface area contributed by atoms with E-state index in [1.807, 2.05) is 32.0 Å². The number of nitrogens with one attached hydrogen (secondary N) is 1. The number of aromatic nitrogens is 1. The average Bonchev–Trinajstić information content (AvgIpc) is 3.12. The number of hydrogen-bond acceptors (Lipinski definition) is 5. The first kappa shape index (κ1) is 21.4. The molecule has 0 radical (unpaired) electrons. The second-order valence-corrected chi connectivity index (χ2v) is 9.80.